The van der Waals surface area contributed by atoms with Crippen molar-refractivity contribution in [2.45, 2.75) is 20.8 Å². The van der Waals surface area contributed by atoms with Gasteiger partial charge in [0.15, 0.2) is 5.76 Å². The number of anilines is 1. The van der Waals surface area contributed by atoms with Gasteiger partial charge in [-0.15, -0.1) is 12.4 Å². The molecule has 0 fully saturated rings. The van der Waals surface area contributed by atoms with E-state index in [1.807, 2.05) is 14.0 Å². The molecule has 1 amide bonds. The molecule has 1 aromatic heterocycles. The lowest BCUT2D eigenvalue weighted by Crippen LogP contribution is -2.28. The second-order valence-electron chi connectivity index (χ2n) is 3.65. The number of aryl methyl sites for hydroxylation is 2. The van der Waals surface area contributed by atoms with Crippen LogP contribution in [0.3, 0.4) is 0 Å². The number of nitrogens with one attached hydrogen (secondary N) is 2. The second kappa shape index (κ2) is 6.50. The highest BCUT2D eigenvalue weighted by Gasteiger charge is 2.16. The molecule has 1 aromatic rings. The molecule has 5 nitrogen and oxygen atoms in total. The standard InChI is InChI=1S/C10H17N3O2.ClH/c1-6(5-11-4)10(14)12-9-7(2)13-15-8(9)3;/h6,11H,5H2,1-4H3,(H,12,14);1H. The van der Waals surface area contributed by atoms with Gasteiger partial charge in [-0.2, -0.15) is 0 Å². The van der Waals surface area contributed by atoms with Crippen molar-refractivity contribution in [1.82, 2.24) is 10.5 Å². The minimum atomic E-state index is -0.0799. The van der Waals surface area contributed by atoms with E-state index in [9.17, 15) is 4.79 Å². The van der Waals surface area contributed by atoms with E-state index in [0.717, 1.165) is 0 Å². The van der Waals surface area contributed by atoms with Crippen LogP contribution >= 0.6 is 12.4 Å². The zero-order valence-electron chi connectivity index (χ0n) is 9.96. The summed E-state index contributed by atoms with van der Waals surface area (Å²) >= 11 is 0. The van der Waals surface area contributed by atoms with Gasteiger partial charge in [0.2, 0.25) is 5.91 Å². The van der Waals surface area contributed by atoms with Crippen LogP contribution < -0.4 is 10.6 Å². The molecule has 0 aliphatic carbocycles. The fourth-order valence-corrected chi connectivity index (χ4v) is 1.31. The molecule has 1 atom stereocenters. The van der Waals surface area contributed by atoms with Crippen LogP contribution in [0.4, 0.5) is 5.69 Å². The molecular formula is C10H18ClN3O2. The summed E-state index contributed by atoms with van der Waals surface area (Å²) in [4.78, 5) is 11.7. The Morgan fingerprint density at radius 1 is 1.50 bits per heavy atom. The second-order valence-corrected chi connectivity index (χ2v) is 3.65. The lowest BCUT2D eigenvalue weighted by molar-refractivity contribution is -0.119. The van der Waals surface area contributed by atoms with E-state index in [1.165, 1.54) is 0 Å². The first kappa shape index (κ1) is 14.9. The molecule has 0 saturated carbocycles. The van der Waals surface area contributed by atoms with E-state index in [0.29, 0.717) is 23.7 Å². The van der Waals surface area contributed by atoms with Crippen molar-refractivity contribution >= 4 is 24.0 Å². The number of halogens is 1. The number of carbonyl (C=O) groups is 1. The van der Waals surface area contributed by atoms with Gasteiger partial charge in [-0.25, -0.2) is 0 Å². The van der Waals surface area contributed by atoms with Crippen molar-refractivity contribution in [2.24, 2.45) is 5.92 Å². The number of carbonyl (C=O) groups excluding carboxylic acids is 1. The highest BCUT2D eigenvalue weighted by atomic mass is 35.5. The van der Waals surface area contributed by atoms with Gasteiger partial charge in [0.05, 0.1) is 0 Å². The first-order valence-corrected chi connectivity index (χ1v) is 4.94. The predicted molar refractivity (Wildman–Crippen MR) is 64.9 cm³/mol. The molecule has 16 heavy (non-hydrogen) atoms. The molecular weight excluding hydrogens is 230 g/mol. The SMILES string of the molecule is CNCC(C)C(=O)Nc1c(C)noc1C.Cl. The largest absolute Gasteiger partial charge is 0.359 e. The average Bonchev–Trinajstić information content (AvgIpc) is 2.49. The molecule has 1 rings (SSSR count). The fourth-order valence-electron chi connectivity index (χ4n) is 1.31. The maximum Gasteiger partial charge on any atom is 0.228 e. The van der Waals surface area contributed by atoms with Gasteiger partial charge in [-0.05, 0) is 20.9 Å². The zero-order valence-corrected chi connectivity index (χ0v) is 10.8. The molecule has 0 aliphatic heterocycles. The monoisotopic (exact) mass is 247 g/mol. The first-order chi connectivity index (χ1) is 7.06. The first-order valence-electron chi connectivity index (χ1n) is 4.94. The van der Waals surface area contributed by atoms with Crippen LogP contribution in [0.15, 0.2) is 4.52 Å². The number of rotatable bonds is 4. The maximum absolute atomic E-state index is 11.7. The van der Waals surface area contributed by atoms with Crippen LogP contribution in [-0.4, -0.2) is 24.7 Å². The Morgan fingerprint density at radius 3 is 2.56 bits per heavy atom. The summed E-state index contributed by atoms with van der Waals surface area (Å²) in [6, 6.07) is 0. The number of hydrogen-bond acceptors (Lipinski definition) is 4. The molecule has 0 bridgehead atoms. The minimum Gasteiger partial charge on any atom is -0.359 e. The Morgan fingerprint density at radius 2 is 2.12 bits per heavy atom. The summed E-state index contributed by atoms with van der Waals surface area (Å²) in [6.07, 6.45) is 0. The number of hydrogen-bond donors (Lipinski definition) is 2. The lowest BCUT2D eigenvalue weighted by atomic mass is 10.1. The van der Waals surface area contributed by atoms with Crippen LogP contribution in [0, 0.1) is 19.8 Å². The summed E-state index contributed by atoms with van der Waals surface area (Å²) in [5.41, 5.74) is 1.39. The highest BCUT2D eigenvalue weighted by Crippen LogP contribution is 2.19. The third kappa shape index (κ3) is 3.50. The Bertz CT molecular complexity index is 332. The normalized spacial score (nSPS) is 11.8. The summed E-state index contributed by atoms with van der Waals surface area (Å²) < 4.78 is 4.96. The van der Waals surface area contributed by atoms with E-state index >= 15 is 0 Å². The Balaban J connectivity index is 0.00000225. The third-order valence-electron chi connectivity index (χ3n) is 2.24. The maximum atomic E-state index is 11.7. The molecule has 0 aromatic carbocycles. The van der Waals surface area contributed by atoms with Gasteiger partial charge in [0.25, 0.3) is 0 Å². The quantitative estimate of drug-likeness (QED) is 0.846. The Labute approximate surface area is 101 Å². The Hall–Kier alpha value is -1.07. The van der Waals surface area contributed by atoms with E-state index in [2.05, 4.69) is 15.8 Å². The number of nitrogens with zero attached hydrogens (tertiary/aromatic N) is 1. The van der Waals surface area contributed by atoms with E-state index in [-0.39, 0.29) is 24.2 Å². The molecule has 2 N–H and O–H groups in total. The Kier molecular flexibility index (Phi) is 6.06. The van der Waals surface area contributed by atoms with Gasteiger partial charge in [-0.1, -0.05) is 12.1 Å². The third-order valence-corrected chi connectivity index (χ3v) is 2.24. The summed E-state index contributed by atoms with van der Waals surface area (Å²) in [6.45, 7) is 6.09. The molecule has 0 radical (unpaired) electrons. The lowest BCUT2D eigenvalue weighted by Gasteiger charge is -2.10. The topological polar surface area (TPSA) is 67.2 Å². The van der Waals surface area contributed by atoms with Crippen molar-refractivity contribution in [3.8, 4) is 0 Å². The fraction of sp³-hybridized carbons (Fsp3) is 0.600. The van der Waals surface area contributed by atoms with Crippen molar-refractivity contribution < 1.29 is 9.32 Å². The molecule has 0 aliphatic rings. The van der Waals surface area contributed by atoms with Crippen molar-refractivity contribution in [3.05, 3.63) is 11.5 Å². The molecule has 1 heterocycles. The average molecular weight is 248 g/mol. The van der Waals surface area contributed by atoms with E-state index in [1.54, 1.807) is 13.8 Å². The van der Waals surface area contributed by atoms with Gasteiger partial charge in [0.1, 0.15) is 11.4 Å². The predicted octanol–water partition coefficient (Wildman–Crippen LogP) is 1.51. The minimum absolute atomic E-state index is 0. The van der Waals surface area contributed by atoms with Gasteiger partial charge in [-0.3, -0.25) is 4.79 Å². The van der Waals surface area contributed by atoms with E-state index < -0.39 is 0 Å². The van der Waals surface area contributed by atoms with Crippen LogP contribution in [-0.2, 0) is 4.79 Å². The van der Waals surface area contributed by atoms with E-state index in [4.69, 9.17) is 4.52 Å². The number of amides is 1. The summed E-state index contributed by atoms with van der Waals surface area (Å²) in [5, 5.41) is 9.53. The molecule has 6 heteroatoms. The highest BCUT2D eigenvalue weighted by molar-refractivity contribution is 5.93. The van der Waals surface area contributed by atoms with Gasteiger partial charge in [0, 0.05) is 12.5 Å². The molecule has 0 saturated heterocycles. The van der Waals surface area contributed by atoms with Crippen molar-refractivity contribution in [1.29, 1.82) is 0 Å². The number of aromatic nitrogens is 1. The van der Waals surface area contributed by atoms with Crippen LogP contribution in [0.1, 0.15) is 18.4 Å². The van der Waals surface area contributed by atoms with Gasteiger partial charge >= 0.3 is 0 Å². The van der Waals surface area contributed by atoms with Gasteiger partial charge < -0.3 is 15.2 Å². The molecule has 0 spiro atoms. The van der Waals surface area contributed by atoms with Crippen LogP contribution in [0.25, 0.3) is 0 Å². The van der Waals surface area contributed by atoms with Crippen molar-refractivity contribution in [2.75, 3.05) is 18.9 Å². The summed E-state index contributed by atoms with van der Waals surface area (Å²) in [7, 11) is 1.82. The molecule has 1 unspecified atom stereocenters. The zero-order chi connectivity index (χ0) is 11.4. The summed E-state index contributed by atoms with van der Waals surface area (Å²) in [5.74, 6) is 0.528. The van der Waals surface area contributed by atoms with Crippen molar-refractivity contribution in [3.63, 3.8) is 0 Å². The molecule has 92 valence electrons. The smallest absolute Gasteiger partial charge is 0.228 e. The van der Waals surface area contributed by atoms with Crippen LogP contribution in [0.5, 0.6) is 0 Å². The van der Waals surface area contributed by atoms with Crippen LogP contribution in [0.2, 0.25) is 0 Å².